The van der Waals surface area contributed by atoms with Crippen LogP contribution in [0, 0.1) is 6.92 Å². The lowest BCUT2D eigenvalue weighted by atomic mass is 10.1. The first-order valence-electron chi connectivity index (χ1n) is 11.6. The molecule has 4 rings (SSSR count). The fourth-order valence-electron chi connectivity index (χ4n) is 3.69. The lowest BCUT2D eigenvalue weighted by Gasteiger charge is -2.20. The molecule has 4 aromatic rings. The van der Waals surface area contributed by atoms with Gasteiger partial charge in [0.15, 0.2) is 0 Å². The number of methoxy groups -OCH3 is 1. The van der Waals surface area contributed by atoms with Crippen LogP contribution >= 0.6 is 11.6 Å². The van der Waals surface area contributed by atoms with Crippen LogP contribution in [0.5, 0.6) is 11.5 Å². The summed E-state index contributed by atoms with van der Waals surface area (Å²) < 4.78 is 17.1. The van der Waals surface area contributed by atoms with Crippen molar-refractivity contribution < 1.29 is 23.8 Å². The average molecular weight is 516 g/mol. The summed E-state index contributed by atoms with van der Waals surface area (Å²) >= 11 is 5.95. The summed E-state index contributed by atoms with van der Waals surface area (Å²) in [4.78, 5) is 26.7. The van der Waals surface area contributed by atoms with Crippen LogP contribution in [0.2, 0.25) is 5.02 Å². The van der Waals surface area contributed by atoms with Gasteiger partial charge in [0.25, 0.3) is 5.91 Å². The van der Waals surface area contributed by atoms with E-state index in [1.165, 1.54) is 7.11 Å². The van der Waals surface area contributed by atoms with E-state index < -0.39 is 18.0 Å². The van der Waals surface area contributed by atoms with Crippen molar-refractivity contribution in [3.8, 4) is 11.5 Å². The molecule has 0 aromatic heterocycles. The maximum absolute atomic E-state index is 13.4. The fourth-order valence-corrected chi connectivity index (χ4v) is 3.82. The van der Waals surface area contributed by atoms with Gasteiger partial charge >= 0.3 is 5.97 Å². The Morgan fingerprint density at radius 1 is 0.865 bits per heavy atom. The molecule has 4 aromatic carbocycles. The number of para-hydroxylation sites is 1. The second kappa shape index (κ2) is 12.1. The molecular weight excluding hydrogens is 490 g/mol. The SMILES string of the molecule is COc1ccc(C)cc1NC(=O)[C@@H](OC(=O)c1ccccc1OCc1ccc(Cl)cc1)c1ccccc1. The van der Waals surface area contributed by atoms with Crippen molar-refractivity contribution in [1.82, 2.24) is 0 Å². The number of ether oxygens (including phenoxy) is 3. The normalized spacial score (nSPS) is 11.3. The molecule has 37 heavy (non-hydrogen) atoms. The third-order valence-electron chi connectivity index (χ3n) is 5.59. The van der Waals surface area contributed by atoms with Crippen LogP contribution in [-0.2, 0) is 16.1 Å². The van der Waals surface area contributed by atoms with Gasteiger partial charge in [-0.05, 0) is 54.4 Å². The second-order valence-electron chi connectivity index (χ2n) is 8.30. The van der Waals surface area contributed by atoms with Gasteiger partial charge in [-0.2, -0.15) is 0 Å². The van der Waals surface area contributed by atoms with Crippen molar-refractivity contribution in [2.24, 2.45) is 0 Å². The van der Waals surface area contributed by atoms with E-state index in [1.54, 1.807) is 72.8 Å². The number of amides is 1. The van der Waals surface area contributed by atoms with Gasteiger partial charge in [0.05, 0.1) is 12.8 Å². The van der Waals surface area contributed by atoms with Gasteiger partial charge in [0.2, 0.25) is 6.10 Å². The van der Waals surface area contributed by atoms with E-state index in [-0.39, 0.29) is 12.2 Å². The molecule has 1 atom stereocenters. The minimum absolute atomic E-state index is 0.207. The summed E-state index contributed by atoms with van der Waals surface area (Å²) in [5.74, 6) is -0.358. The molecule has 0 saturated heterocycles. The molecule has 0 fully saturated rings. The van der Waals surface area contributed by atoms with E-state index in [0.29, 0.717) is 27.8 Å². The van der Waals surface area contributed by atoms with Crippen molar-refractivity contribution in [2.75, 3.05) is 12.4 Å². The lowest BCUT2D eigenvalue weighted by molar-refractivity contribution is -0.125. The molecule has 0 aliphatic carbocycles. The van der Waals surface area contributed by atoms with E-state index in [2.05, 4.69) is 5.32 Å². The van der Waals surface area contributed by atoms with E-state index in [0.717, 1.165) is 11.1 Å². The van der Waals surface area contributed by atoms with Crippen LogP contribution in [0.25, 0.3) is 0 Å². The Hall–Kier alpha value is -4.29. The molecule has 1 N–H and O–H groups in total. The largest absolute Gasteiger partial charge is 0.495 e. The van der Waals surface area contributed by atoms with Gasteiger partial charge < -0.3 is 19.5 Å². The molecule has 188 valence electrons. The van der Waals surface area contributed by atoms with Gasteiger partial charge in [0.1, 0.15) is 23.7 Å². The third kappa shape index (κ3) is 6.68. The van der Waals surface area contributed by atoms with Crippen molar-refractivity contribution >= 4 is 29.2 Å². The maximum Gasteiger partial charge on any atom is 0.343 e. The Labute approximate surface area is 220 Å². The highest BCUT2D eigenvalue weighted by Crippen LogP contribution is 2.29. The summed E-state index contributed by atoms with van der Waals surface area (Å²) in [6.45, 7) is 2.14. The van der Waals surface area contributed by atoms with Gasteiger partial charge in [-0.3, -0.25) is 4.79 Å². The molecule has 1 amide bonds. The summed E-state index contributed by atoms with van der Waals surface area (Å²) in [5, 5.41) is 3.47. The van der Waals surface area contributed by atoms with Crippen LogP contribution in [0.15, 0.2) is 97.1 Å². The van der Waals surface area contributed by atoms with Crippen LogP contribution in [0.4, 0.5) is 5.69 Å². The molecule has 0 radical (unpaired) electrons. The number of nitrogens with one attached hydrogen (secondary N) is 1. The summed E-state index contributed by atoms with van der Waals surface area (Å²) in [6, 6.07) is 28.3. The zero-order chi connectivity index (χ0) is 26.2. The maximum atomic E-state index is 13.4. The lowest BCUT2D eigenvalue weighted by Crippen LogP contribution is -2.26. The van der Waals surface area contributed by atoms with E-state index in [9.17, 15) is 9.59 Å². The van der Waals surface area contributed by atoms with E-state index in [1.807, 2.05) is 31.2 Å². The number of carbonyl (C=O) groups is 2. The summed E-state index contributed by atoms with van der Waals surface area (Å²) in [7, 11) is 1.52. The number of halogens is 1. The molecule has 0 heterocycles. The highest BCUT2D eigenvalue weighted by atomic mass is 35.5. The Morgan fingerprint density at radius 2 is 1.57 bits per heavy atom. The monoisotopic (exact) mass is 515 g/mol. The Morgan fingerprint density at radius 3 is 2.30 bits per heavy atom. The van der Waals surface area contributed by atoms with Crippen molar-refractivity contribution in [2.45, 2.75) is 19.6 Å². The molecule has 0 saturated carbocycles. The number of aryl methyl sites for hydroxylation is 1. The van der Waals surface area contributed by atoms with Crippen molar-refractivity contribution in [1.29, 1.82) is 0 Å². The number of carbonyl (C=O) groups excluding carboxylic acids is 2. The van der Waals surface area contributed by atoms with Crippen LogP contribution < -0.4 is 14.8 Å². The highest BCUT2D eigenvalue weighted by molar-refractivity contribution is 6.30. The van der Waals surface area contributed by atoms with Crippen molar-refractivity contribution in [3.63, 3.8) is 0 Å². The zero-order valence-electron chi connectivity index (χ0n) is 20.4. The number of benzene rings is 4. The Bertz CT molecular complexity index is 1370. The highest BCUT2D eigenvalue weighted by Gasteiger charge is 2.28. The first-order chi connectivity index (χ1) is 17.9. The molecule has 0 unspecified atom stereocenters. The van der Waals surface area contributed by atoms with Crippen LogP contribution in [0.3, 0.4) is 0 Å². The van der Waals surface area contributed by atoms with Crippen LogP contribution in [-0.4, -0.2) is 19.0 Å². The smallest absolute Gasteiger partial charge is 0.343 e. The predicted molar refractivity (Wildman–Crippen MR) is 143 cm³/mol. The van der Waals surface area contributed by atoms with Gasteiger partial charge in [-0.25, -0.2) is 4.79 Å². The second-order valence-corrected chi connectivity index (χ2v) is 8.74. The molecule has 6 nitrogen and oxygen atoms in total. The molecular formula is C30H26ClNO5. The number of anilines is 1. The third-order valence-corrected chi connectivity index (χ3v) is 5.84. The van der Waals surface area contributed by atoms with E-state index in [4.69, 9.17) is 25.8 Å². The molecule has 0 bridgehead atoms. The standard InChI is InChI=1S/C30H26ClNO5/c1-20-12-17-27(35-2)25(18-20)32-29(33)28(22-8-4-3-5-9-22)37-30(34)24-10-6-7-11-26(24)36-19-21-13-15-23(31)16-14-21/h3-18,28H,19H2,1-2H3,(H,32,33)/t28-/m0/s1. The zero-order valence-corrected chi connectivity index (χ0v) is 21.2. The predicted octanol–water partition coefficient (Wildman–Crippen LogP) is 6.77. The number of hydrogen-bond donors (Lipinski definition) is 1. The molecule has 0 aliphatic heterocycles. The Balaban J connectivity index is 1.56. The topological polar surface area (TPSA) is 73.9 Å². The Kier molecular flexibility index (Phi) is 8.44. The van der Waals surface area contributed by atoms with E-state index >= 15 is 0 Å². The summed E-state index contributed by atoms with van der Waals surface area (Å²) in [5.41, 5.74) is 3.05. The first-order valence-corrected chi connectivity index (χ1v) is 12.0. The first kappa shape index (κ1) is 25.8. The average Bonchev–Trinajstić information content (AvgIpc) is 2.92. The molecule has 0 aliphatic rings. The number of rotatable bonds is 9. The minimum Gasteiger partial charge on any atom is -0.495 e. The number of hydrogen-bond acceptors (Lipinski definition) is 5. The van der Waals surface area contributed by atoms with Gasteiger partial charge in [-0.15, -0.1) is 0 Å². The van der Waals surface area contributed by atoms with Gasteiger partial charge in [0, 0.05) is 10.6 Å². The fraction of sp³-hybridized carbons (Fsp3) is 0.133. The summed E-state index contributed by atoms with van der Waals surface area (Å²) in [6.07, 6.45) is -1.21. The van der Waals surface area contributed by atoms with Crippen LogP contribution in [0.1, 0.15) is 33.2 Å². The molecule has 0 spiro atoms. The van der Waals surface area contributed by atoms with Gasteiger partial charge in [-0.1, -0.05) is 72.3 Å². The number of esters is 1. The van der Waals surface area contributed by atoms with Crippen molar-refractivity contribution in [3.05, 3.63) is 124 Å². The quantitative estimate of drug-likeness (QED) is 0.249. The minimum atomic E-state index is -1.21. The molecule has 7 heteroatoms.